The van der Waals surface area contributed by atoms with Crippen LogP contribution in [0.4, 0.5) is 0 Å². The van der Waals surface area contributed by atoms with Crippen molar-refractivity contribution in [1.29, 1.82) is 0 Å². The fourth-order valence-corrected chi connectivity index (χ4v) is 4.29. The highest BCUT2D eigenvalue weighted by Gasteiger charge is 2.33. The number of amides is 1. The molecule has 1 aliphatic carbocycles. The first kappa shape index (κ1) is 20.8. The molecule has 154 valence electrons. The highest BCUT2D eigenvalue weighted by atomic mass is 16.5. The first-order valence-electron chi connectivity index (χ1n) is 9.85. The van der Waals surface area contributed by atoms with Gasteiger partial charge in [0.1, 0.15) is 0 Å². The van der Waals surface area contributed by atoms with Crippen LogP contribution in [0.3, 0.4) is 0 Å². The summed E-state index contributed by atoms with van der Waals surface area (Å²) in [4.78, 5) is 39.9. The van der Waals surface area contributed by atoms with Crippen molar-refractivity contribution in [2.24, 2.45) is 0 Å². The zero-order chi connectivity index (χ0) is 21.3. The predicted molar refractivity (Wildman–Crippen MR) is 110 cm³/mol. The molecule has 0 saturated heterocycles. The number of carbonyl (C=O) groups excluding carboxylic acids is 3. The van der Waals surface area contributed by atoms with Gasteiger partial charge in [-0.3, -0.25) is 9.59 Å². The average molecular weight is 396 g/mol. The maximum absolute atomic E-state index is 12.8. The lowest BCUT2D eigenvalue weighted by Gasteiger charge is -2.37. The van der Waals surface area contributed by atoms with Gasteiger partial charge in [-0.05, 0) is 41.9 Å². The highest BCUT2D eigenvalue weighted by molar-refractivity contribution is 6.01. The fourth-order valence-electron chi connectivity index (χ4n) is 4.29. The number of hydrogen-bond donors (Lipinski definition) is 2. The number of ether oxygens (including phenoxy) is 1. The quantitative estimate of drug-likeness (QED) is 0.595. The molecule has 0 radical (unpaired) electrons. The molecule has 6 heteroatoms. The van der Waals surface area contributed by atoms with Gasteiger partial charge in [0.15, 0.2) is 5.78 Å². The van der Waals surface area contributed by atoms with E-state index in [1.807, 2.05) is 12.1 Å². The van der Waals surface area contributed by atoms with Crippen LogP contribution in [-0.4, -0.2) is 29.8 Å². The Balaban J connectivity index is 1.84. The molecule has 0 bridgehead atoms. The summed E-state index contributed by atoms with van der Waals surface area (Å²) in [7, 11) is 1.28. The lowest BCUT2D eigenvalue weighted by atomic mass is 9.71. The number of nitrogens with one attached hydrogen (secondary N) is 2. The van der Waals surface area contributed by atoms with E-state index in [-0.39, 0.29) is 35.1 Å². The van der Waals surface area contributed by atoms with Gasteiger partial charge in [0.25, 0.3) is 0 Å². The van der Waals surface area contributed by atoms with Crippen molar-refractivity contribution in [1.82, 2.24) is 10.3 Å². The van der Waals surface area contributed by atoms with Crippen molar-refractivity contribution >= 4 is 17.7 Å². The standard InChI is InChI=1S/C23H28N2O4/c1-13-20(22(28)29-5)18(25-21(13)14(2)26)12-19(27)24-17-10-11-23(3,4)16-9-7-6-8-15(16)17/h6-9,17,25H,10-12H2,1-5H3,(H,24,27). The minimum Gasteiger partial charge on any atom is -0.465 e. The van der Waals surface area contributed by atoms with E-state index in [9.17, 15) is 14.4 Å². The summed E-state index contributed by atoms with van der Waals surface area (Å²) in [5.74, 6) is -0.951. The SMILES string of the molecule is COC(=O)c1c(CC(=O)NC2CCC(C)(C)c3ccccc32)[nH]c(C(C)=O)c1C. The molecule has 1 atom stereocenters. The van der Waals surface area contributed by atoms with Gasteiger partial charge < -0.3 is 15.0 Å². The third-order valence-corrected chi connectivity index (χ3v) is 5.87. The number of methoxy groups -OCH3 is 1. The van der Waals surface area contributed by atoms with Crippen LogP contribution in [0, 0.1) is 6.92 Å². The van der Waals surface area contributed by atoms with Crippen LogP contribution in [0.1, 0.15) is 82.9 Å². The van der Waals surface area contributed by atoms with Crippen LogP contribution in [-0.2, 0) is 21.4 Å². The smallest absolute Gasteiger partial charge is 0.339 e. The van der Waals surface area contributed by atoms with Gasteiger partial charge in [-0.15, -0.1) is 0 Å². The number of carbonyl (C=O) groups is 3. The second-order valence-corrected chi connectivity index (χ2v) is 8.33. The molecule has 2 aromatic rings. The number of benzene rings is 1. The average Bonchev–Trinajstić information content (AvgIpc) is 3.00. The van der Waals surface area contributed by atoms with Crippen molar-refractivity contribution in [3.05, 3.63) is 57.9 Å². The number of H-pyrrole nitrogens is 1. The molecule has 0 saturated carbocycles. The van der Waals surface area contributed by atoms with Crippen LogP contribution in [0.15, 0.2) is 24.3 Å². The second-order valence-electron chi connectivity index (χ2n) is 8.33. The van der Waals surface area contributed by atoms with E-state index in [1.165, 1.54) is 19.6 Å². The molecule has 0 fully saturated rings. The highest BCUT2D eigenvalue weighted by Crippen LogP contribution is 2.41. The zero-order valence-electron chi connectivity index (χ0n) is 17.6. The molecule has 0 aliphatic heterocycles. The summed E-state index contributed by atoms with van der Waals surface area (Å²) < 4.78 is 4.85. The van der Waals surface area contributed by atoms with Crippen molar-refractivity contribution in [3.8, 4) is 0 Å². The van der Waals surface area contributed by atoms with E-state index >= 15 is 0 Å². The topological polar surface area (TPSA) is 88.3 Å². The van der Waals surface area contributed by atoms with Crippen molar-refractivity contribution in [2.75, 3.05) is 7.11 Å². The second kappa shape index (κ2) is 7.85. The van der Waals surface area contributed by atoms with E-state index in [2.05, 4.69) is 36.3 Å². The minimum absolute atomic E-state index is 0.0272. The van der Waals surface area contributed by atoms with Crippen LogP contribution < -0.4 is 5.32 Å². The molecule has 1 heterocycles. The van der Waals surface area contributed by atoms with E-state index in [4.69, 9.17) is 4.74 Å². The molecule has 6 nitrogen and oxygen atoms in total. The first-order valence-corrected chi connectivity index (χ1v) is 9.85. The molecule has 0 spiro atoms. The maximum Gasteiger partial charge on any atom is 0.339 e. The molecule has 1 aliphatic rings. The van der Waals surface area contributed by atoms with E-state index in [0.29, 0.717) is 17.0 Å². The molecular weight excluding hydrogens is 368 g/mol. The lowest BCUT2D eigenvalue weighted by Crippen LogP contribution is -2.36. The number of aromatic nitrogens is 1. The first-order chi connectivity index (χ1) is 13.7. The number of aromatic amines is 1. The lowest BCUT2D eigenvalue weighted by molar-refractivity contribution is -0.121. The van der Waals surface area contributed by atoms with Crippen molar-refractivity contribution in [3.63, 3.8) is 0 Å². The summed E-state index contributed by atoms with van der Waals surface area (Å²) in [5.41, 5.74) is 3.97. The van der Waals surface area contributed by atoms with E-state index < -0.39 is 5.97 Å². The summed E-state index contributed by atoms with van der Waals surface area (Å²) >= 11 is 0. The summed E-state index contributed by atoms with van der Waals surface area (Å²) in [6.45, 7) is 7.54. The van der Waals surface area contributed by atoms with Crippen molar-refractivity contribution in [2.45, 2.75) is 58.4 Å². The summed E-state index contributed by atoms with van der Waals surface area (Å²) in [6, 6.07) is 8.13. The number of rotatable bonds is 5. The maximum atomic E-state index is 12.8. The summed E-state index contributed by atoms with van der Waals surface area (Å²) in [6.07, 6.45) is 1.79. The van der Waals surface area contributed by atoms with Gasteiger partial charge in [0, 0.05) is 12.6 Å². The zero-order valence-corrected chi connectivity index (χ0v) is 17.6. The number of hydrogen-bond acceptors (Lipinski definition) is 4. The molecule has 1 aromatic heterocycles. The third kappa shape index (κ3) is 3.97. The predicted octanol–water partition coefficient (Wildman–Crippen LogP) is 3.78. The Bertz CT molecular complexity index is 971. The van der Waals surface area contributed by atoms with Gasteiger partial charge in [0.2, 0.25) is 5.91 Å². The van der Waals surface area contributed by atoms with Gasteiger partial charge >= 0.3 is 5.97 Å². The Morgan fingerprint density at radius 2 is 1.93 bits per heavy atom. The van der Waals surface area contributed by atoms with E-state index in [0.717, 1.165) is 18.4 Å². The van der Waals surface area contributed by atoms with Gasteiger partial charge in [-0.25, -0.2) is 4.79 Å². The molecule has 3 rings (SSSR count). The van der Waals surface area contributed by atoms with Crippen LogP contribution in [0.5, 0.6) is 0 Å². The van der Waals surface area contributed by atoms with Crippen LogP contribution >= 0.6 is 0 Å². The monoisotopic (exact) mass is 396 g/mol. The Kier molecular flexibility index (Phi) is 5.64. The van der Waals surface area contributed by atoms with Crippen LogP contribution in [0.25, 0.3) is 0 Å². The third-order valence-electron chi connectivity index (χ3n) is 5.87. The minimum atomic E-state index is -0.557. The van der Waals surface area contributed by atoms with Crippen LogP contribution in [0.2, 0.25) is 0 Å². The number of esters is 1. The molecular formula is C23H28N2O4. The normalized spacial score (nSPS) is 17.3. The Morgan fingerprint density at radius 1 is 1.24 bits per heavy atom. The number of ketones is 1. The molecule has 2 N–H and O–H groups in total. The molecule has 1 unspecified atom stereocenters. The fraction of sp³-hybridized carbons (Fsp3) is 0.435. The molecule has 1 amide bonds. The largest absolute Gasteiger partial charge is 0.465 e. The van der Waals surface area contributed by atoms with Gasteiger partial charge in [0.05, 0.1) is 30.8 Å². The molecule has 29 heavy (non-hydrogen) atoms. The van der Waals surface area contributed by atoms with Gasteiger partial charge in [-0.1, -0.05) is 38.1 Å². The summed E-state index contributed by atoms with van der Waals surface area (Å²) in [5, 5.41) is 3.11. The van der Waals surface area contributed by atoms with Crippen molar-refractivity contribution < 1.29 is 19.1 Å². The Hall–Kier alpha value is -2.89. The Morgan fingerprint density at radius 3 is 2.59 bits per heavy atom. The van der Waals surface area contributed by atoms with Gasteiger partial charge in [-0.2, -0.15) is 0 Å². The number of fused-ring (bicyclic) bond motifs is 1. The van der Waals surface area contributed by atoms with E-state index in [1.54, 1.807) is 6.92 Å². The number of Topliss-reactive ketones (excluding diaryl/α,β-unsaturated/α-hetero) is 1. The Labute approximate surface area is 171 Å². The molecule has 1 aromatic carbocycles.